The maximum absolute atomic E-state index is 14.5. The maximum atomic E-state index is 14.5. The van der Waals surface area contributed by atoms with Crippen LogP contribution < -0.4 is 33.7 Å². The van der Waals surface area contributed by atoms with Crippen LogP contribution in [0.25, 0.3) is 0 Å². The first-order valence-electron chi connectivity index (χ1n) is 20.4. The van der Waals surface area contributed by atoms with Crippen molar-refractivity contribution in [3.63, 3.8) is 0 Å². The van der Waals surface area contributed by atoms with Crippen molar-refractivity contribution in [2.24, 2.45) is 0 Å². The van der Waals surface area contributed by atoms with Gasteiger partial charge in [0.2, 0.25) is 6.79 Å². The van der Waals surface area contributed by atoms with E-state index >= 15 is 0 Å². The molecule has 9 rings (SSSR count). The third-order valence-electron chi connectivity index (χ3n) is 12.4. The van der Waals surface area contributed by atoms with Gasteiger partial charge < -0.3 is 48.3 Å². The molecule has 6 aliphatic heterocycles. The summed E-state index contributed by atoms with van der Waals surface area (Å²) >= 11 is 1.51. The molecule has 0 spiro atoms. The fourth-order valence-electron chi connectivity index (χ4n) is 10.2. The van der Waals surface area contributed by atoms with Crippen molar-refractivity contribution < 1.29 is 57.4 Å². The number of phenols is 1. The number of methoxy groups -OCH3 is 2. The summed E-state index contributed by atoms with van der Waals surface area (Å²) in [5.74, 6) is 0.701. The summed E-state index contributed by atoms with van der Waals surface area (Å²) in [5, 5.41) is 25.0. The third-order valence-corrected chi connectivity index (χ3v) is 13.4. The van der Waals surface area contributed by atoms with Gasteiger partial charge in [0, 0.05) is 54.7 Å². The van der Waals surface area contributed by atoms with Crippen LogP contribution in [-0.2, 0) is 31.9 Å². The number of rotatable bonds is 8. The molecule has 0 saturated carbocycles. The third kappa shape index (κ3) is 7.01. The van der Waals surface area contributed by atoms with Gasteiger partial charge in [0.25, 0.3) is 0 Å². The van der Waals surface area contributed by atoms with Crippen molar-refractivity contribution >= 4 is 29.9 Å². The van der Waals surface area contributed by atoms with Crippen LogP contribution in [0, 0.1) is 25.2 Å². The minimum Gasteiger partial charge on any atom is -0.504 e. The number of hydrogen-bond acceptors (Lipinski definition) is 17. The lowest BCUT2D eigenvalue weighted by Gasteiger charge is -2.59. The van der Waals surface area contributed by atoms with E-state index in [9.17, 15) is 24.8 Å². The number of hydrogen-bond donors (Lipinski definition) is 2. The largest absolute Gasteiger partial charge is 0.514 e. The van der Waals surface area contributed by atoms with Crippen molar-refractivity contribution in [1.29, 1.82) is 5.26 Å². The summed E-state index contributed by atoms with van der Waals surface area (Å²) in [7, 11) is 4.89. The van der Waals surface area contributed by atoms with Crippen molar-refractivity contribution in [3.8, 4) is 46.3 Å². The highest BCUT2D eigenvalue weighted by atomic mass is 32.2. The molecular formula is C45H52N4O12S. The number of esters is 2. The van der Waals surface area contributed by atoms with Gasteiger partial charge in [0.05, 0.1) is 37.6 Å². The molecule has 1 unspecified atom stereocenters. The molecule has 1 fully saturated rings. The normalized spacial score (nSPS) is 24.6. The van der Waals surface area contributed by atoms with E-state index in [0.29, 0.717) is 69.3 Å². The molecule has 2 bridgehead atoms. The number of likely N-dealkylation sites (N-methyl/N-ethyl adjacent to an activating group) is 1. The van der Waals surface area contributed by atoms with Gasteiger partial charge in [-0.1, -0.05) is 6.07 Å². The predicted molar refractivity (Wildman–Crippen MR) is 225 cm³/mol. The lowest BCUT2D eigenvalue weighted by molar-refractivity contribution is -0.152. The molecule has 17 heteroatoms. The number of nitrogens with zero attached hydrogens (tertiary/aromatic N) is 3. The number of piperazine rings is 1. The molecule has 2 N–H and O–H groups in total. The number of phenolic OH excluding ortho intramolecular Hbond substituents is 1. The van der Waals surface area contributed by atoms with Crippen molar-refractivity contribution in [3.05, 3.63) is 62.7 Å². The van der Waals surface area contributed by atoms with E-state index in [2.05, 4.69) is 21.2 Å². The van der Waals surface area contributed by atoms with Gasteiger partial charge >= 0.3 is 18.1 Å². The van der Waals surface area contributed by atoms with Gasteiger partial charge in [-0.15, -0.1) is 0 Å². The molecule has 16 nitrogen and oxygen atoms in total. The Morgan fingerprint density at radius 2 is 1.76 bits per heavy atom. The Morgan fingerprint density at radius 1 is 1.02 bits per heavy atom. The van der Waals surface area contributed by atoms with Crippen molar-refractivity contribution in [2.75, 3.05) is 54.0 Å². The van der Waals surface area contributed by atoms with Crippen LogP contribution in [0.3, 0.4) is 0 Å². The van der Waals surface area contributed by atoms with E-state index in [1.54, 1.807) is 39.8 Å². The molecule has 330 valence electrons. The van der Waals surface area contributed by atoms with Gasteiger partial charge in [-0.3, -0.25) is 14.6 Å². The molecule has 0 aromatic heterocycles. The van der Waals surface area contributed by atoms with Gasteiger partial charge in [-0.05, 0) is 88.7 Å². The van der Waals surface area contributed by atoms with Crippen molar-refractivity contribution in [1.82, 2.24) is 15.1 Å². The molecule has 1 saturated heterocycles. The van der Waals surface area contributed by atoms with Crippen LogP contribution in [0.1, 0.15) is 95.6 Å². The summed E-state index contributed by atoms with van der Waals surface area (Å²) in [6.45, 7) is 10.6. The number of aromatic hydroxyl groups is 1. The zero-order valence-electron chi connectivity index (χ0n) is 36.5. The minimum atomic E-state index is -1.27. The number of carbonyl (C=O) groups excluding carboxylic acids is 3. The number of carbonyl (C=O) groups is 3. The van der Waals surface area contributed by atoms with E-state index in [-0.39, 0.29) is 43.6 Å². The topological polar surface area (TPSA) is 188 Å². The Bertz CT molecular complexity index is 2410. The molecule has 3 aromatic carbocycles. The summed E-state index contributed by atoms with van der Waals surface area (Å²) in [6.07, 6.45) is 1.80. The molecule has 6 atom stereocenters. The maximum Gasteiger partial charge on any atom is 0.514 e. The number of fused-ring (bicyclic) bond motifs is 5. The average Bonchev–Trinajstić information content (AvgIpc) is 3.62. The first kappa shape index (κ1) is 43.2. The monoisotopic (exact) mass is 872 g/mol. The zero-order valence-corrected chi connectivity index (χ0v) is 37.4. The molecule has 3 aromatic rings. The van der Waals surface area contributed by atoms with Crippen molar-refractivity contribution in [2.45, 2.75) is 94.9 Å². The first-order valence-corrected chi connectivity index (χ1v) is 21.7. The summed E-state index contributed by atoms with van der Waals surface area (Å²) in [4.78, 5) is 45.3. The molecule has 6 heterocycles. The number of aryl methyl sites for hydroxylation is 1. The highest BCUT2D eigenvalue weighted by molar-refractivity contribution is 7.98. The lowest BCUT2D eigenvalue weighted by atomic mass is 9.76. The van der Waals surface area contributed by atoms with Gasteiger partial charge in [0.1, 0.15) is 29.5 Å². The fourth-order valence-corrected chi connectivity index (χ4v) is 11.3. The molecule has 6 aliphatic rings. The molecular weight excluding hydrogens is 821 g/mol. The predicted octanol–water partition coefficient (Wildman–Crippen LogP) is 6.06. The molecule has 0 amide bonds. The Labute approximate surface area is 364 Å². The van der Waals surface area contributed by atoms with Crippen LogP contribution >= 0.6 is 11.8 Å². The smallest absolute Gasteiger partial charge is 0.504 e. The van der Waals surface area contributed by atoms with E-state index in [1.807, 2.05) is 26.3 Å². The SMILES string of the molecule is COc1cc2c(cc1O)CCN[C@H]2C(=O)OC[C@H]1c2c3c(c(C)c(OC(C)=O)c2[C@@H](SC)C2[C@H]4c5c(cc(C)c(OC)c5OC(=O)OC(C)(C)C)C[C@](C#N)(CN4C)N21)OCO3. The quantitative estimate of drug-likeness (QED) is 0.151. The van der Waals surface area contributed by atoms with Gasteiger partial charge in [-0.25, -0.2) is 9.59 Å². The number of benzene rings is 3. The summed E-state index contributed by atoms with van der Waals surface area (Å²) in [6, 6.07) is 5.03. The van der Waals surface area contributed by atoms with Crippen LogP contribution in [0.2, 0.25) is 0 Å². The van der Waals surface area contributed by atoms with Crippen LogP contribution in [0.15, 0.2) is 18.2 Å². The average molecular weight is 873 g/mol. The molecule has 0 aliphatic carbocycles. The summed E-state index contributed by atoms with van der Waals surface area (Å²) in [5.41, 5.74) is 3.17. The number of nitriles is 1. The molecule has 0 radical (unpaired) electrons. The van der Waals surface area contributed by atoms with E-state index < -0.39 is 58.7 Å². The Morgan fingerprint density at radius 3 is 2.42 bits per heavy atom. The van der Waals surface area contributed by atoms with Gasteiger partial charge in [0.15, 0.2) is 34.5 Å². The lowest BCUT2D eigenvalue weighted by Crippen LogP contribution is -2.69. The van der Waals surface area contributed by atoms with Crippen LogP contribution in [-0.4, -0.2) is 104 Å². The Kier molecular flexibility index (Phi) is 11.2. The second-order valence-corrected chi connectivity index (χ2v) is 18.4. The highest BCUT2D eigenvalue weighted by Crippen LogP contribution is 2.64. The highest BCUT2D eigenvalue weighted by Gasteiger charge is 2.63. The standard InChI is InChI=1S/C45H52N4O12S/c1-21-13-25-16-45(18-46)19-48(7)34(30(25)40(36(21)55-9)60-43(53)61-44(4,5)6)35-41(62-10)32-31(39-38(57-20-58-39)22(2)37(32)59-23(3)50)27(49(35)45)17-56-42(52)33-26-15-29(54-8)28(51)14-24(26)11-12-47-33/h13-15,27,33-35,41,47,51H,11-12,16-17,19-20H2,1-10H3/t27-,33+,34+,35?,41+,45-/m0/s1. The first-order chi connectivity index (χ1) is 29.5. The second-order valence-electron chi connectivity index (χ2n) is 17.4. The fraction of sp³-hybridized carbons (Fsp3) is 0.511. The second kappa shape index (κ2) is 16.1. The number of nitrogens with one attached hydrogen (secondary N) is 1. The molecule has 62 heavy (non-hydrogen) atoms. The number of ether oxygens (including phenoxy) is 8. The Hall–Kier alpha value is -5.41. The minimum absolute atomic E-state index is 0.0279. The van der Waals surface area contributed by atoms with Gasteiger partial charge in [-0.2, -0.15) is 17.0 Å². The van der Waals surface area contributed by atoms with Crippen LogP contribution in [0.5, 0.6) is 40.2 Å². The summed E-state index contributed by atoms with van der Waals surface area (Å²) < 4.78 is 48.1. The van der Waals surface area contributed by atoms with E-state index in [0.717, 1.165) is 11.1 Å². The van der Waals surface area contributed by atoms with E-state index in [4.69, 9.17) is 37.9 Å². The van der Waals surface area contributed by atoms with E-state index in [1.165, 1.54) is 32.9 Å². The zero-order chi connectivity index (χ0) is 44.6. The Balaban J connectivity index is 1.35. The van der Waals surface area contributed by atoms with Crippen LogP contribution in [0.4, 0.5) is 4.79 Å². The number of thioether (sulfide) groups is 1.